The predicted octanol–water partition coefficient (Wildman–Crippen LogP) is 2.75. The maximum absolute atomic E-state index is 12.0. The molecule has 0 spiro atoms. The monoisotopic (exact) mass is 316 g/mol. The van der Waals surface area contributed by atoms with Crippen LogP contribution >= 0.6 is 23.2 Å². The van der Waals surface area contributed by atoms with Crippen LogP contribution in [0.5, 0.6) is 0 Å². The molecule has 108 valence electrons. The van der Waals surface area contributed by atoms with Gasteiger partial charge in [0.15, 0.2) is 0 Å². The zero-order valence-corrected chi connectivity index (χ0v) is 12.1. The van der Waals surface area contributed by atoms with E-state index >= 15 is 0 Å². The summed E-state index contributed by atoms with van der Waals surface area (Å²) in [7, 11) is 0. The summed E-state index contributed by atoms with van der Waals surface area (Å²) in [6.45, 7) is 0.610. The lowest BCUT2D eigenvalue weighted by atomic mass is 10.2. The highest BCUT2D eigenvalue weighted by molar-refractivity contribution is 6.36. The molecule has 5 nitrogen and oxygen atoms in total. The van der Waals surface area contributed by atoms with Crippen LogP contribution in [0.2, 0.25) is 10.0 Å². The van der Waals surface area contributed by atoms with Gasteiger partial charge in [0.25, 0.3) is 0 Å². The number of carbonyl (C=O) groups is 2. The van der Waals surface area contributed by atoms with Crippen LogP contribution in [0.25, 0.3) is 0 Å². The molecule has 2 rings (SSSR count). The number of likely N-dealkylation sites (tertiary alicyclic amines) is 1. The van der Waals surface area contributed by atoms with Crippen molar-refractivity contribution in [1.29, 1.82) is 0 Å². The van der Waals surface area contributed by atoms with E-state index in [1.54, 1.807) is 18.2 Å². The van der Waals surface area contributed by atoms with Crippen molar-refractivity contribution in [3.05, 3.63) is 33.8 Å². The van der Waals surface area contributed by atoms with Gasteiger partial charge in [0.2, 0.25) is 0 Å². The largest absolute Gasteiger partial charge is 0.480 e. The first-order valence-electron chi connectivity index (χ1n) is 6.21. The first-order chi connectivity index (χ1) is 9.50. The van der Waals surface area contributed by atoms with E-state index in [9.17, 15) is 9.59 Å². The standard InChI is InChI=1S/C13H14Cl2N2O3/c14-9-3-1-4-10(15)8(9)7-16-13(20)17-6-2-5-11(17)12(18)19/h1,3-4,11H,2,5-7H2,(H,16,20)(H,18,19)/t11-/m0/s1. The summed E-state index contributed by atoms with van der Waals surface area (Å²) in [5.41, 5.74) is 0.621. The number of carboxylic acid groups (broad SMARTS) is 1. The Labute approximate surface area is 126 Å². The van der Waals surface area contributed by atoms with E-state index in [-0.39, 0.29) is 6.54 Å². The summed E-state index contributed by atoms with van der Waals surface area (Å²) in [5, 5.41) is 12.6. The Bertz CT molecular complexity index is 516. The van der Waals surface area contributed by atoms with Crippen LogP contribution in [0.4, 0.5) is 4.79 Å². The molecule has 0 unspecified atom stereocenters. The summed E-state index contributed by atoms with van der Waals surface area (Å²) in [4.78, 5) is 24.4. The molecule has 1 heterocycles. The van der Waals surface area contributed by atoms with Gasteiger partial charge >= 0.3 is 12.0 Å². The van der Waals surface area contributed by atoms with E-state index in [4.69, 9.17) is 28.3 Å². The number of nitrogens with one attached hydrogen (secondary N) is 1. The third-order valence-corrected chi connectivity index (χ3v) is 3.99. The number of carboxylic acids is 1. The van der Waals surface area contributed by atoms with Gasteiger partial charge in [-0.3, -0.25) is 0 Å². The summed E-state index contributed by atoms with van der Waals surface area (Å²) in [5.74, 6) is -0.978. The molecule has 0 bridgehead atoms. The number of urea groups is 1. The third kappa shape index (κ3) is 3.16. The van der Waals surface area contributed by atoms with Gasteiger partial charge in [-0.15, -0.1) is 0 Å². The number of nitrogens with zero attached hydrogens (tertiary/aromatic N) is 1. The molecule has 1 aliphatic heterocycles. The average Bonchev–Trinajstić information content (AvgIpc) is 2.87. The van der Waals surface area contributed by atoms with Crippen molar-refractivity contribution >= 4 is 35.2 Å². The van der Waals surface area contributed by atoms with Crippen LogP contribution in [0.1, 0.15) is 18.4 Å². The molecule has 2 N–H and O–H groups in total. The van der Waals surface area contributed by atoms with Crippen LogP contribution in [-0.4, -0.2) is 34.6 Å². The topological polar surface area (TPSA) is 69.6 Å². The number of hydrogen-bond acceptors (Lipinski definition) is 2. The van der Waals surface area contributed by atoms with E-state index in [0.717, 1.165) is 0 Å². The Balaban J connectivity index is 2.00. The summed E-state index contributed by atoms with van der Waals surface area (Å²) in [6, 6.07) is 3.93. The Kier molecular flexibility index (Phi) is 4.73. The van der Waals surface area contributed by atoms with Crippen LogP contribution in [0, 0.1) is 0 Å². The van der Waals surface area contributed by atoms with Crippen LogP contribution in [-0.2, 0) is 11.3 Å². The Morgan fingerprint density at radius 3 is 2.60 bits per heavy atom. The highest BCUT2D eigenvalue weighted by Crippen LogP contribution is 2.24. The molecule has 20 heavy (non-hydrogen) atoms. The van der Waals surface area contributed by atoms with Crippen molar-refractivity contribution < 1.29 is 14.7 Å². The second kappa shape index (κ2) is 6.33. The number of hydrogen-bond donors (Lipinski definition) is 2. The third-order valence-electron chi connectivity index (χ3n) is 3.28. The molecule has 1 saturated heterocycles. The van der Waals surface area contributed by atoms with Gasteiger partial charge in [-0.2, -0.15) is 0 Å². The number of halogens is 2. The molecule has 1 aromatic carbocycles. The first kappa shape index (κ1) is 14.9. The lowest BCUT2D eigenvalue weighted by Gasteiger charge is -2.22. The van der Waals surface area contributed by atoms with E-state index in [0.29, 0.717) is 35.0 Å². The summed E-state index contributed by atoms with van der Waals surface area (Å²) < 4.78 is 0. The maximum atomic E-state index is 12.0. The second-order valence-electron chi connectivity index (χ2n) is 4.55. The Morgan fingerprint density at radius 1 is 1.35 bits per heavy atom. The molecular formula is C13H14Cl2N2O3. The highest BCUT2D eigenvalue weighted by atomic mass is 35.5. The molecule has 1 atom stereocenters. The number of rotatable bonds is 3. The minimum absolute atomic E-state index is 0.167. The van der Waals surface area contributed by atoms with Gasteiger partial charge in [0.05, 0.1) is 0 Å². The van der Waals surface area contributed by atoms with Crippen LogP contribution in [0.15, 0.2) is 18.2 Å². The number of benzene rings is 1. The lowest BCUT2D eigenvalue weighted by molar-refractivity contribution is -0.141. The minimum Gasteiger partial charge on any atom is -0.480 e. The fourth-order valence-corrected chi connectivity index (χ4v) is 2.76. The van der Waals surface area contributed by atoms with Crippen LogP contribution in [0.3, 0.4) is 0 Å². The maximum Gasteiger partial charge on any atom is 0.326 e. The number of amides is 2. The normalized spacial score (nSPS) is 18.1. The highest BCUT2D eigenvalue weighted by Gasteiger charge is 2.33. The molecule has 0 saturated carbocycles. The van der Waals surface area contributed by atoms with Gasteiger partial charge in [-0.05, 0) is 25.0 Å². The minimum atomic E-state index is -0.978. The zero-order valence-electron chi connectivity index (χ0n) is 10.6. The van der Waals surface area contributed by atoms with Crippen LogP contribution < -0.4 is 5.32 Å². The van der Waals surface area contributed by atoms with Crippen molar-refractivity contribution in [3.8, 4) is 0 Å². The molecule has 1 fully saturated rings. The van der Waals surface area contributed by atoms with E-state index in [1.165, 1.54) is 4.90 Å². The smallest absolute Gasteiger partial charge is 0.326 e. The van der Waals surface area contributed by atoms with E-state index in [2.05, 4.69) is 5.32 Å². The molecule has 0 aliphatic carbocycles. The molecular weight excluding hydrogens is 303 g/mol. The van der Waals surface area contributed by atoms with E-state index in [1.807, 2.05) is 0 Å². The van der Waals surface area contributed by atoms with Crippen molar-refractivity contribution in [2.24, 2.45) is 0 Å². The Hall–Kier alpha value is -1.46. The molecule has 7 heteroatoms. The van der Waals surface area contributed by atoms with Gasteiger partial charge in [0, 0.05) is 28.7 Å². The molecule has 2 amide bonds. The Morgan fingerprint density at radius 2 is 2.00 bits per heavy atom. The number of aliphatic carboxylic acids is 1. The zero-order chi connectivity index (χ0) is 14.7. The van der Waals surface area contributed by atoms with Crippen molar-refractivity contribution in [3.63, 3.8) is 0 Å². The molecule has 1 aromatic rings. The summed E-state index contributed by atoms with van der Waals surface area (Å²) >= 11 is 12.0. The average molecular weight is 317 g/mol. The molecule has 0 aromatic heterocycles. The fraction of sp³-hybridized carbons (Fsp3) is 0.385. The van der Waals surface area contributed by atoms with Gasteiger partial charge in [-0.1, -0.05) is 29.3 Å². The fourth-order valence-electron chi connectivity index (χ4n) is 2.23. The van der Waals surface area contributed by atoms with Gasteiger partial charge < -0.3 is 15.3 Å². The van der Waals surface area contributed by atoms with Crippen molar-refractivity contribution in [1.82, 2.24) is 10.2 Å². The van der Waals surface area contributed by atoms with Gasteiger partial charge in [-0.25, -0.2) is 9.59 Å². The second-order valence-corrected chi connectivity index (χ2v) is 5.36. The lowest BCUT2D eigenvalue weighted by Crippen LogP contribution is -2.45. The van der Waals surface area contributed by atoms with Gasteiger partial charge in [0.1, 0.15) is 6.04 Å². The summed E-state index contributed by atoms with van der Waals surface area (Å²) in [6.07, 6.45) is 1.17. The quantitative estimate of drug-likeness (QED) is 0.900. The van der Waals surface area contributed by atoms with Crippen molar-refractivity contribution in [2.75, 3.05) is 6.54 Å². The number of carbonyl (C=O) groups excluding carboxylic acids is 1. The molecule has 0 radical (unpaired) electrons. The van der Waals surface area contributed by atoms with E-state index < -0.39 is 18.0 Å². The predicted molar refractivity (Wildman–Crippen MR) is 76.1 cm³/mol. The first-order valence-corrected chi connectivity index (χ1v) is 6.96. The van der Waals surface area contributed by atoms with Crippen molar-refractivity contribution in [2.45, 2.75) is 25.4 Å². The SMILES string of the molecule is O=C(O)[C@@H]1CCCN1C(=O)NCc1c(Cl)cccc1Cl. The molecule has 1 aliphatic rings.